The number of nitrogens with one attached hydrogen (secondary N) is 1. The van der Waals surface area contributed by atoms with Crippen LogP contribution in [0.1, 0.15) is 23.0 Å². The summed E-state index contributed by atoms with van der Waals surface area (Å²) in [6.45, 7) is 3.42. The quantitative estimate of drug-likeness (QED) is 0.363. The first kappa shape index (κ1) is 20.1. The third-order valence-corrected chi connectivity index (χ3v) is 4.74. The molecule has 0 aromatic carbocycles. The van der Waals surface area contributed by atoms with E-state index in [1.54, 1.807) is 23.6 Å². The fourth-order valence-corrected chi connectivity index (χ4v) is 3.17. The molecule has 0 aliphatic heterocycles. The highest BCUT2D eigenvalue weighted by molar-refractivity contribution is 7.18. The molecule has 12 heteroatoms. The number of thiazole rings is 1. The van der Waals surface area contributed by atoms with E-state index in [2.05, 4.69) is 15.3 Å². The van der Waals surface area contributed by atoms with Crippen LogP contribution in [0.2, 0.25) is 0 Å². The second-order valence-electron chi connectivity index (χ2n) is 5.87. The number of esters is 1. The molecule has 0 unspecified atom stereocenters. The summed E-state index contributed by atoms with van der Waals surface area (Å²) in [7, 11) is 0. The molecule has 0 fully saturated rings. The smallest absolute Gasteiger partial charge is 0.345 e. The standard InChI is InChI=1S/C17H15N5O6S/c1-3-21-7-11(14(24)10-5-4-9(2)19-15(10)21)16(25)28-8-12(23)20-17-18-6-13(29-17)22(26)27/h4-7H,3,8H2,1-2H3,(H,18,20,23). The van der Waals surface area contributed by atoms with Gasteiger partial charge in [0.15, 0.2) is 11.7 Å². The van der Waals surface area contributed by atoms with E-state index in [1.807, 2.05) is 6.92 Å². The van der Waals surface area contributed by atoms with Crippen LogP contribution in [0, 0.1) is 17.0 Å². The molecule has 0 spiro atoms. The van der Waals surface area contributed by atoms with Gasteiger partial charge in [-0.05, 0) is 37.3 Å². The Hall–Kier alpha value is -3.67. The molecule has 3 aromatic heterocycles. The Bertz CT molecular complexity index is 1180. The molecule has 29 heavy (non-hydrogen) atoms. The molecular weight excluding hydrogens is 402 g/mol. The zero-order chi connectivity index (χ0) is 21.1. The lowest BCUT2D eigenvalue weighted by molar-refractivity contribution is -0.380. The summed E-state index contributed by atoms with van der Waals surface area (Å²) in [5.74, 6) is -1.70. The van der Waals surface area contributed by atoms with Gasteiger partial charge < -0.3 is 9.30 Å². The number of carbonyl (C=O) groups is 2. The number of hydrogen-bond acceptors (Lipinski definition) is 9. The first-order valence-corrected chi connectivity index (χ1v) is 9.19. The number of anilines is 1. The van der Waals surface area contributed by atoms with Crippen molar-refractivity contribution < 1.29 is 19.2 Å². The Morgan fingerprint density at radius 3 is 2.79 bits per heavy atom. The van der Waals surface area contributed by atoms with E-state index in [0.29, 0.717) is 23.5 Å². The van der Waals surface area contributed by atoms with Crippen LogP contribution in [-0.4, -0.2) is 37.9 Å². The highest BCUT2D eigenvalue weighted by Crippen LogP contribution is 2.24. The Morgan fingerprint density at radius 2 is 2.14 bits per heavy atom. The lowest BCUT2D eigenvalue weighted by Gasteiger charge is -2.11. The molecular formula is C17H15N5O6S. The second kappa shape index (κ2) is 8.14. The lowest BCUT2D eigenvalue weighted by Crippen LogP contribution is -2.25. The highest BCUT2D eigenvalue weighted by atomic mass is 32.1. The van der Waals surface area contributed by atoms with Gasteiger partial charge in [0.05, 0.1) is 10.3 Å². The van der Waals surface area contributed by atoms with E-state index in [4.69, 9.17) is 4.74 Å². The maximum atomic E-state index is 12.6. The molecule has 150 valence electrons. The maximum Gasteiger partial charge on any atom is 0.345 e. The van der Waals surface area contributed by atoms with E-state index in [-0.39, 0.29) is 21.1 Å². The Labute approximate surface area is 167 Å². The van der Waals surface area contributed by atoms with Gasteiger partial charge in [-0.3, -0.25) is 25.0 Å². The molecule has 0 bridgehead atoms. The fourth-order valence-electron chi connectivity index (χ4n) is 2.52. The molecule has 3 rings (SSSR count). The van der Waals surface area contributed by atoms with Crippen LogP contribution in [0.5, 0.6) is 0 Å². The average molecular weight is 417 g/mol. The summed E-state index contributed by atoms with van der Waals surface area (Å²) in [5.41, 5.74) is 0.423. The number of nitro groups is 1. The van der Waals surface area contributed by atoms with Crippen LogP contribution in [0.25, 0.3) is 11.0 Å². The van der Waals surface area contributed by atoms with Crippen molar-refractivity contribution in [2.45, 2.75) is 20.4 Å². The summed E-state index contributed by atoms with van der Waals surface area (Å²) in [6, 6.07) is 3.25. The van der Waals surface area contributed by atoms with Gasteiger partial charge in [0.2, 0.25) is 5.43 Å². The predicted octanol–water partition coefficient (Wildman–Crippen LogP) is 1.89. The first-order chi connectivity index (χ1) is 13.8. The van der Waals surface area contributed by atoms with Gasteiger partial charge in [-0.1, -0.05) is 0 Å². The monoisotopic (exact) mass is 417 g/mol. The minimum absolute atomic E-state index is 0.00163. The van der Waals surface area contributed by atoms with Crippen molar-refractivity contribution >= 4 is 44.4 Å². The van der Waals surface area contributed by atoms with E-state index in [9.17, 15) is 24.5 Å². The normalized spacial score (nSPS) is 10.7. The molecule has 0 atom stereocenters. The average Bonchev–Trinajstić information content (AvgIpc) is 3.15. The number of rotatable bonds is 6. The number of amides is 1. The van der Waals surface area contributed by atoms with Crippen LogP contribution >= 0.6 is 11.3 Å². The second-order valence-corrected chi connectivity index (χ2v) is 6.88. The van der Waals surface area contributed by atoms with Crippen molar-refractivity contribution in [3.05, 3.63) is 56.1 Å². The molecule has 11 nitrogen and oxygen atoms in total. The van der Waals surface area contributed by atoms with Gasteiger partial charge in [-0.25, -0.2) is 14.8 Å². The van der Waals surface area contributed by atoms with E-state index in [1.165, 1.54) is 6.20 Å². The molecule has 0 aliphatic carbocycles. The largest absolute Gasteiger partial charge is 0.452 e. The summed E-state index contributed by atoms with van der Waals surface area (Å²) >= 11 is 0.667. The van der Waals surface area contributed by atoms with Crippen LogP contribution in [0.15, 0.2) is 29.3 Å². The van der Waals surface area contributed by atoms with Gasteiger partial charge >= 0.3 is 11.0 Å². The highest BCUT2D eigenvalue weighted by Gasteiger charge is 2.19. The third-order valence-electron chi connectivity index (χ3n) is 3.88. The van der Waals surface area contributed by atoms with Gasteiger partial charge in [-0.15, -0.1) is 0 Å². The van der Waals surface area contributed by atoms with Crippen molar-refractivity contribution in [3.8, 4) is 0 Å². The van der Waals surface area contributed by atoms with Crippen LogP contribution in [0.4, 0.5) is 10.1 Å². The summed E-state index contributed by atoms with van der Waals surface area (Å²) < 4.78 is 6.58. The third kappa shape index (κ3) is 4.27. The number of pyridine rings is 2. The Morgan fingerprint density at radius 1 is 1.38 bits per heavy atom. The van der Waals surface area contributed by atoms with Gasteiger partial charge in [0.25, 0.3) is 5.91 Å². The number of nitrogens with zero attached hydrogens (tertiary/aromatic N) is 4. The van der Waals surface area contributed by atoms with Crippen molar-refractivity contribution in [2.75, 3.05) is 11.9 Å². The van der Waals surface area contributed by atoms with Crippen molar-refractivity contribution in [2.24, 2.45) is 0 Å². The maximum absolute atomic E-state index is 12.6. The Kier molecular flexibility index (Phi) is 5.64. The Balaban J connectivity index is 1.75. The predicted molar refractivity (Wildman–Crippen MR) is 104 cm³/mol. The van der Waals surface area contributed by atoms with E-state index >= 15 is 0 Å². The number of aromatic nitrogens is 3. The summed E-state index contributed by atoms with van der Waals surface area (Å²) in [4.78, 5) is 54.9. The number of carbonyl (C=O) groups excluding carboxylic acids is 2. The first-order valence-electron chi connectivity index (χ1n) is 8.38. The van der Waals surface area contributed by atoms with Crippen LogP contribution < -0.4 is 10.7 Å². The zero-order valence-electron chi connectivity index (χ0n) is 15.4. The lowest BCUT2D eigenvalue weighted by atomic mass is 10.2. The summed E-state index contributed by atoms with van der Waals surface area (Å²) in [5, 5.41) is 12.9. The van der Waals surface area contributed by atoms with Gasteiger partial charge in [-0.2, -0.15) is 0 Å². The molecule has 0 saturated carbocycles. The molecule has 1 amide bonds. The SMILES string of the molecule is CCn1cc(C(=O)OCC(=O)Nc2ncc([N+](=O)[O-])s2)c(=O)c2ccc(C)nc21. The summed E-state index contributed by atoms with van der Waals surface area (Å²) in [6.07, 6.45) is 2.35. The number of ether oxygens (including phenoxy) is 1. The van der Waals surface area contributed by atoms with E-state index < -0.39 is 28.8 Å². The molecule has 0 radical (unpaired) electrons. The van der Waals surface area contributed by atoms with Gasteiger partial charge in [0.1, 0.15) is 17.4 Å². The number of hydrogen-bond donors (Lipinski definition) is 1. The van der Waals surface area contributed by atoms with Crippen molar-refractivity contribution in [1.82, 2.24) is 14.5 Å². The topological polar surface area (TPSA) is 146 Å². The van der Waals surface area contributed by atoms with Crippen molar-refractivity contribution in [3.63, 3.8) is 0 Å². The van der Waals surface area contributed by atoms with Gasteiger partial charge in [0, 0.05) is 18.4 Å². The molecule has 3 aromatic rings. The number of fused-ring (bicyclic) bond motifs is 1. The van der Waals surface area contributed by atoms with Crippen LogP contribution in [-0.2, 0) is 16.1 Å². The fraction of sp³-hybridized carbons (Fsp3) is 0.235. The van der Waals surface area contributed by atoms with E-state index in [0.717, 1.165) is 11.9 Å². The minimum Gasteiger partial charge on any atom is -0.452 e. The molecule has 0 saturated heterocycles. The molecule has 0 aliphatic rings. The number of aryl methyl sites for hydroxylation is 2. The molecule has 3 heterocycles. The zero-order valence-corrected chi connectivity index (χ0v) is 16.2. The minimum atomic E-state index is -0.958. The molecule has 1 N–H and O–H groups in total. The van der Waals surface area contributed by atoms with Crippen molar-refractivity contribution in [1.29, 1.82) is 0 Å². The van der Waals surface area contributed by atoms with Crippen LogP contribution in [0.3, 0.4) is 0 Å².